The SMILES string of the molecule is CN[C@@H](C)c1nc2c([nH]1)CCOc1ccc(-c3ccc(-c4cnc([C@@H]5CCCN5)[nH]4)cc3)cc1-2. The van der Waals surface area contributed by atoms with Crippen molar-refractivity contribution in [3.05, 3.63) is 66.0 Å². The lowest BCUT2D eigenvalue weighted by Crippen LogP contribution is -2.14. The molecule has 0 bridgehead atoms. The third kappa shape index (κ3) is 3.81. The van der Waals surface area contributed by atoms with Crippen molar-refractivity contribution in [3.63, 3.8) is 0 Å². The molecule has 1 saturated heterocycles. The Hall–Kier alpha value is -3.42. The lowest BCUT2D eigenvalue weighted by Gasteiger charge is -2.11. The monoisotopic (exact) mass is 454 g/mol. The van der Waals surface area contributed by atoms with Gasteiger partial charge in [-0.15, -0.1) is 0 Å². The van der Waals surface area contributed by atoms with Gasteiger partial charge < -0.3 is 25.3 Å². The molecule has 0 saturated carbocycles. The highest BCUT2D eigenvalue weighted by atomic mass is 16.5. The van der Waals surface area contributed by atoms with Crippen LogP contribution in [0.4, 0.5) is 0 Å². The van der Waals surface area contributed by atoms with Crippen molar-refractivity contribution in [2.75, 3.05) is 20.2 Å². The minimum Gasteiger partial charge on any atom is -0.492 e. The van der Waals surface area contributed by atoms with Gasteiger partial charge in [0.25, 0.3) is 0 Å². The van der Waals surface area contributed by atoms with Crippen molar-refractivity contribution in [3.8, 4) is 39.4 Å². The van der Waals surface area contributed by atoms with E-state index < -0.39 is 0 Å². The topological polar surface area (TPSA) is 90.7 Å². The Morgan fingerprint density at radius 3 is 2.68 bits per heavy atom. The van der Waals surface area contributed by atoms with Gasteiger partial charge in [0.1, 0.15) is 17.4 Å². The number of aromatic amines is 2. The molecular formula is C27H30N6O. The molecule has 2 aliphatic rings. The molecule has 2 atom stereocenters. The molecule has 0 unspecified atom stereocenters. The van der Waals surface area contributed by atoms with Crippen LogP contribution in [0.3, 0.4) is 0 Å². The summed E-state index contributed by atoms with van der Waals surface area (Å²) in [4.78, 5) is 16.5. The second-order valence-electron chi connectivity index (χ2n) is 9.18. The van der Waals surface area contributed by atoms with Crippen LogP contribution in [0, 0.1) is 0 Å². The Balaban J connectivity index is 1.30. The van der Waals surface area contributed by atoms with Crippen LogP contribution in [-0.4, -0.2) is 40.1 Å². The van der Waals surface area contributed by atoms with Crippen LogP contribution in [0.25, 0.3) is 33.6 Å². The fourth-order valence-electron chi connectivity index (χ4n) is 4.88. The molecule has 0 amide bonds. The predicted octanol–water partition coefficient (Wildman–Crippen LogP) is 4.77. The van der Waals surface area contributed by atoms with Gasteiger partial charge in [-0.05, 0) is 62.2 Å². The number of nitrogens with one attached hydrogen (secondary N) is 4. The average Bonchev–Trinajstić information content (AvgIpc) is 3.63. The van der Waals surface area contributed by atoms with Gasteiger partial charge in [0.15, 0.2) is 0 Å². The number of hydrogen-bond acceptors (Lipinski definition) is 5. The number of rotatable bonds is 5. The highest BCUT2D eigenvalue weighted by molar-refractivity contribution is 5.78. The number of imidazole rings is 2. The zero-order valence-corrected chi connectivity index (χ0v) is 19.6. The molecule has 1 fully saturated rings. The van der Waals surface area contributed by atoms with Gasteiger partial charge in [0.05, 0.1) is 36.3 Å². The Bertz CT molecular complexity index is 1300. The Labute approximate surface area is 199 Å². The van der Waals surface area contributed by atoms with Gasteiger partial charge in [0, 0.05) is 17.7 Å². The first-order valence-electron chi connectivity index (χ1n) is 12.1. The highest BCUT2D eigenvalue weighted by Gasteiger charge is 2.22. The molecule has 7 nitrogen and oxygen atoms in total. The van der Waals surface area contributed by atoms with E-state index in [0.717, 1.165) is 76.1 Å². The summed E-state index contributed by atoms with van der Waals surface area (Å²) < 4.78 is 6.04. The van der Waals surface area contributed by atoms with E-state index in [9.17, 15) is 0 Å². The molecule has 4 aromatic rings. The summed E-state index contributed by atoms with van der Waals surface area (Å²) >= 11 is 0. The molecule has 174 valence electrons. The van der Waals surface area contributed by atoms with E-state index in [1.807, 2.05) is 13.2 Å². The summed E-state index contributed by atoms with van der Waals surface area (Å²) in [6, 6.07) is 15.6. The van der Waals surface area contributed by atoms with Gasteiger partial charge in [0.2, 0.25) is 0 Å². The molecule has 2 aliphatic heterocycles. The van der Waals surface area contributed by atoms with Gasteiger partial charge >= 0.3 is 0 Å². The van der Waals surface area contributed by atoms with Crippen molar-refractivity contribution >= 4 is 0 Å². The Kier molecular flexibility index (Phi) is 5.43. The van der Waals surface area contributed by atoms with E-state index in [0.29, 0.717) is 12.6 Å². The van der Waals surface area contributed by atoms with Crippen LogP contribution < -0.4 is 15.4 Å². The molecular weight excluding hydrogens is 424 g/mol. The highest BCUT2D eigenvalue weighted by Crippen LogP contribution is 2.38. The van der Waals surface area contributed by atoms with Crippen LogP contribution in [0.5, 0.6) is 5.75 Å². The first kappa shape index (κ1) is 21.1. The first-order chi connectivity index (χ1) is 16.7. The van der Waals surface area contributed by atoms with Gasteiger partial charge in [-0.1, -0.05) is 30.3 Å². The van der Waals surface area contributed by atoms with Gasteiger partial charge in [-0.25, -0.2) is 9.97 Å². The Morgan fingerprint density at radius 1 is 1.06 bits per heavy atom. The molecule has 6 rings (SSSR count). The summed E-state index contributed by atoms with van der Waals surface area (Å²) in [7, 11) is 1.95. The van der Waals surface area contributed by atoms with Crippen LogP contribution in [-0.2, 0) is 6.42 Å². The van der Waals surface area contributed by atoms with Crippen molar-refractivity contribution in [1.82, 2.24) is 30.6 Å². The number of aromatic nitrogens is 4. The molecule has 0 aliphatic carbocycles. The minimum absolute atomic E-state index is 0.166. The molecule has 0 spiro atoms. The van der Waals surface area contributed by atoms with Gasteiger partial charge in [-0.3, -0.25) is 0 Å². The maximum Gasteiger partial charge on any atom is 0.128 e. The average molecular weight is 455 g/mol. The smallest absolute Gasteiger partial charge is 0.128 e. The standard InChI is InChI=1S/C27H30N6O/c1-16(28-2)26-31-21-11-13-34-24-10-9-19(14-20(24)25(21)33-26)17-5-7-18(8-6-17)23-15-30-27(32-23)22-4-3-12-29-22/h5-10,14-16,22,28-29H,3-4,11-13H2,1-2H3,(H,30,32)(H,31,33)/t16-,22-/m0/s1. The van der Waals surface area contributed by atoms with Crippen LogP contribution in [0.2, 0.25) is 0 Å². The van der Waals surface area contributed by atoms with E-state index >= 15 is 0 Å². The second-order valence-corrected chi connectivity index (χ2v) is 9.18. The van der Waals surface area contributed by atoms with Gasteiger partial charge in [-0.2, -0.15) is 0 Å². The maximum absolute atomic E-state index is 6.04. The van der Waals surface area contributed by atoms with Crippen LogP contribution >= 0.6 is 0 Å². The summed E-state index contributed by atoms with van der Waals surface area (Å²) in [5, 5.41) is 6.77. The molecule has 7 heteroatoms. The molecule has 34 heavy (non-hydrogen) atoms. The zero-order valence-electron chi connectivity index (χ0n) is 19.6. The summed E-state index contributed by atoms with van der Waals surface area (Å²) in [6.45, 7) is 3.82. The van der Waals surface area contributed by atoms with Crippen molar-refractivity contribution < 1.29 is 4.74 Å². The number of fused-ring (bicyclic) bond motifs is 3. The normalized spacial score (nSPS) is 18.1. The third-order valence-electron chi connectivity index (χ3n) is 7.00. The number of ether oxygens (including phenoxy) is 1. The fourth-order valence-corrected chi connectivity index (χ4v) is 4.88. The van der Waals surface area contributed by atoms with Crippen LogP contribution in [0.1, 0.15) is 49.2 Å². The minimum atomic E-state index is 0.166. The van der Waals surface area contributed by atoms with Crippen LogP contribution in [0.15, 0.2) is 48.7 Å². The third-order valence-corrected chi connectivity index (χ3v) is 7.00. The van der Waals surface area contributed by atoms with E-state index in [1.54, 1.807) is 0 Å². The summed E-state index contributed by atoms with van der Waals surface area (Å²) in [5.74, 6) is 2.88. The zero-order chi connectivity index (χ0) is 23.1. The molecule has 4 N–H and O–H groups in total. The van der Waals surface area contributed by atoms with Crippen molar-refractivity contribution in [2.24, 2.45) is 0 Å². The van der Waals surface area contributed by atoms with Crippen molar-refractivity contribution in [1.29, 1.82) is 0 Å². The van der Waals surface area contributed by atoms with E-state index in [2.05, 4.69) is 75.0 Å². The lowest BCUT2D eigenvalue weighted by atomic mass is 9.99. The first-order valence-corrected chi connectivity index (χ1v) is 12.1. The number of benzene rings is 2. The maximum atomic E-state index is 6.04. The second kappa shape index (κ2) is 8.74. The molecule has 2 aromatic carbocycles. The summed E-state index contributed by atoms with van der Waals surface area (Å²) in [6.07, 6.45) is 5.10. The number of hydrogen-bond donors (Lipinski definition) is 4. The predicted molar refractivity (Wildman–Crippen MR) is 134 cm³/mol. The number of H-pyrrole nitrogens is 2. The fraction of sp³-hybridized carbons (Fsp3) is 0.333. The largest absolute Gasteiger partial charge is 0.492 e. The number of nitrogens with zero attached hydrogens (tertiary/aromatic N) is 2. The quantitative estimate of drug-likeness (QED) is 0.349. The Morgan fingerprint density at radius 2 is 1.88 bits per heavy atom. The molecule has 0 radical (unpaired) electrons. The van der Waals surface area contributed by atoms with E-state index in [4.69, 9.17) is 9.72 Å². The molecule has 2 aromatic heterocycles. The van der Waals surface area contributed by atoms with Crippen molar-refractivity contribution in [2.45, 2.75) is 38.3 Å². The van der Waals surface area contributed by atoms with E-state index in [-0.39, 0.29) is 6.04 Å². The summed E-state index contributed by atoms with van der Waals surface area (Å²) in [5.41, 5.74) is 7.67. The van der Waals surface area contributed by atoms with E-state index in [1.165, 1.54) is 6.42 Å². The lowest BCUT2D eigenvalue weighted by molar-refractivity contribution is 0.325. The molecule has 4 heterocycles.